The fourth-order valence-electron chi connectivity index (χ4n) is 3.97. The van der Waals surface area contributed by atoms with E-state index in [-0.39, 0.29) is 17.1 Å². The van der Waals surface area contributed by atoms with Crippen molar-refractivity contribution >= 4 is 23.1 Å². The minimum Gasteiger partial charge on any atom is -0.508 e. The monoisotopic (exact) mass is 443 g/mol. The third-order valence-electron chi connectivity index (χ3n) is 5.51. The van der Waals surface area contributed by atoms with Crippen molar-refractivity contribution in [3.63, 3.8) is 0 Å². The Balaban J connectivity index is 1.86. The second kappa shape index (κ2) is 9.20. The number of carbonyl (C=O) groups excluding carboxylic acids is 2. The molecule has 0 saturated carbocycles. The number of nitrogens with zero attached hydrogens (tertiary/aromatic N) is 1. The summed E-state index contributed by atoms with van der Waals surface area (Å²) in [5.41, 5.74) is 2.33. The molecule has 0 spiro atoms. The molecule has 1 aliphatic heterocycles. The van der Waals surface area contributed by atoms with E-state index >= 15 is 0 Å². The first-order chi connectivity index (χ1) is 15.9. The minimum absolute atomic E-state index is 0.000226. The van der Waals surface area contributed by atoms with Gasteiger partial charge in [0.25, 0.3) is 11.7 Å². The largest absolute Gasteiger partial charge is 0.508 e. The second-order valence-electron chi connectivity index (χ2n) is 7.98. The molecule has 0 aromatic heterocycles. The number of ether oxygens (including phenoxy) is 1. The number of aliphatic hydroxyl groups excluding tert-OH is 1. The summed E-state index contributed by atoms with van der Waals surface area (Å²) in [5.74, 6) is -1.15. The molecule has 1 amide bonds. The van der Waals surface area contributed by atoms with Gasteiger partial charge in [0.05, 0.1) is 18.2 Å². The lowest BCUT2D eigenvalue weighted by Crippen LogP contribution is -2.29. The average Bonchev–Trinajstić information content (AvgIpc) is 3.08. The molecule has 33 heavy (non-hydrogen) atoms. The highest BCUT2D eigenvalue weighted by atomic mass is 16.5. The van der Waals surface area contributed by atoms with E-state index in [1.54, 1.807) is 54.6 Å². The molecule has 6 heteroatoms. The fraction of sp³-hybridized carbons (Fsp3) is 0.185. The summed E-state index contributed by atoms with van der Waals surface area (Å²) in [5, 5.41) is 21.2. The van der Waals surface area contributed by atoms with E-state index in [1.165, 1.54) is 17.0 Å². The van der Waals surface area contributed by atoms with Crippen LogP contribution in [-0.2, 0) is 9.59 Å². The number of benzene rings is 3. The number of phenols is 1. The van der Waals surface area contributed by atoms with Gasteiger partial charge in [-0.3, -0.25) is 14.5 Å². The van der Waals surface area contributed by atoms with Crippen LogP contribution >= 0.6 is 0 Å². The van der Waals surface area contributed by atoms with Gasteiger partial charge in [-0.25, -0.2) is 0 Å². The smallest absolute Gasteiger partial charge is 0.300 e. The number of hydrogen-bond acceptors (Lipinski definition) is 5. The summed E-state index contributed by atoms with van der Waals surface area (Å²) in [4.78, 5) is 27.7. The number of Topliss-reactive ketones (excluding diaryl/α,β-unsaturated/α-hetero) is 1. The van der Waals surface area contributed by atoms with Crippen LogP contribution in [0, 0.1) is 6.92 Å². The maximum atomic E-state index is 13.2. The molecule has 1 atom stereocenters. The van der Waals surface area contributed by atoms with Crippen molar-refractivity contribution in [3.8, 4) is 11.5 Å². The first kappa shape index (κ1) is 22.1. The van der Waals surface area contributed by atoms with Gasteiger partial charge in [-0.15, -0.1) is 0 Å². The standard InChI is InChI=1S/C27H25NO5/c1-3-14-33-22-12-10-18(11-13-22)25(30)23-24(19-7-5-9-21(29)16-19)28(27(32)26(23)31)20-8-4-6-17(2)15-20/h4-13,15-16,24,29-30H,3,14H2,1-2H3/b25-23+. The van der Waals surface area contributed by atoms with Crippen molar-refractivity contribution in [2.45, 2.75) is 26.3 Å². The minimum atomic E-state index is -0.894. The van der Waals surface area contributed by atoms with Gasteiger partial charge in [-0.05, 0) is 73.0 Å². The summed E-state index contributed by atoms with van der Waals surface area (Å²) < 4.78 is 5.59. The van der Waals surface area contributed by atoms with Gasteiger partial charge in [-0.2, -0.15) is 0 Å². The van der Waals surface area contributed by atoms with Gasteiger partial charge < -0.3 is 14.9 Å². The summed E-state index contributed by atoms with van der Waals surface area (Å²) >= 11 is 0. The second-order valence-corrected chi connectivity index (χ2v) is 7.98. The van der Waals surface area contributed by atoms with E-state index in [0.717, 1.165) is 12.0 Å². The number of anilines is 1. The molecule has 1 unspecified atom stereocenters. The van der Waals surface area contributed by atoms with Crippen LogP contribution in [-0.4, -0.2) is 28.5 Å². The Kier molecular flexibility index (Phi) is 6.18. The third-order valence-corrected chi connectivity index (χ3v) is 5.51. The van der Waals surface area contributed by atoms with Gasteiger partial charge in [0, 0.05) is 11.3 Å². The zero-order valence-corrected chi connectivity index (χ0v) is 18.5. The summed E-state index contributed by atoms with van der Waals surface area (Å²) in [7, 11) is 0. The van der Waals surface area contributed by atoms with Crippen molar-refractivity contribution in [1.29, 1.82) is 0 Å². The van der Waals surface area contributed by atoms with Crippen LogP contribution in [0.1, 0.15) is 36.1 Å². The van der Waals surface area contributed by atoms with Gasteiger partial charge in [0.1, 0.15) is 17.3 Å². The summed E-state index contributed by atoms with van der Waals surface area (Å²) in [6, 6.07) is 19.4. The molecule has 168 valence electrons. The van der Waals surface area contributed by atoms with Crippen LogP contribution in [0.5, 0.6) is 11.5 Å². The first-order valence-electron chi connectivity index (χ1n) is 10.8. The average molecular weight is 443 g/mol. The number of aryl methyl sites for hydroxylation is 1. The molecule has 1 aliphatic rings. The number of aliphatic hydroxyl groups is 1. The lowest BCUT2D eigenvalue weighted by Gasteiger charge is -2.25. The van der Waals surface area contributed by atoms with Crippen molar-refractivity contribution in [2.75, 3.05) is 11.5 Å². The lowest BCUT2D eigenvalue weighted by atomic mass is 9.95. The maximum absolute atomic E-state index is 13.2. The van der Waals surface area contributed by atoms with E-state index < -0.39 is 17.7 Å². The molecule has 1 fully saturated rings. The molecule has 3 aromatic rings. The molecular formula is C27H25NO5. The van der Waals surface area contributed by atoms with Crippen LogP contribution in [0.3, 0.4) is 0 Å². The number of hydrogen-bond donors (Lipinski definition) is 2. The van der Waals surface area contributed by atoms with Gasteiger partial charge in [0.2, 0.25) is 0 Å². The molecular weight excluding hydrogens is 418 g/mol. The molecule has 2 N–H and O–H groups in total. The Labute approximate surface area is 192 Å². The van der Waals surface area contributed by atoms with E-state index in [1.807, 2.05) is 19.9 Å². The third kappa shape index (κ3) is 4.32. The van der Waals surface area contributed by atoms with Crippen molar-refractivity contribution < 1.29 is 24.5 Å². The number of ketones is 1. The quantitative estimate of drug-likeness (QED) is 0.314. The zero-order valence-electron chi connectivity index (χ0n) is 18.5. The van der Waals surface area contributed by atoms with Gasteiger partial charge >= 0.3 is 0 Å². The normalized spacial score (nSPS) is 17.4. The Morgan fingerprint density at radius 3 is 2.39 bits per heavy atom. The van der Waals surface area contributed by atoms with Crippen molar-refractivity contribution in [3.05, 3.63) is 95.1 Å². The highest BCUT2D eigenvalue weighted by Gasteiger charge is 2.47. The Bertz CT molecular complexity index is 1230. The molecule has 1 saturated heterocycles. The molecule has 0 bridgehead atoms. The van der Waals surface area contributed by atoms with Crippen LogP contribution in [0.4, 0.5) is 5.69 Å². The number of rotatable bonds is 6. The van der Waals surface area contributed by atoms with E-state index in [0.29, 0.717) is 29.2 Å². The van der Waals surface area contributed by atoms with E-state index in [4.69, 9.17) is 4.74 Å². The molecule has 3 aromatic carbocycles. The molecule has 0 aliphatic carbocycles. The van der Waals surface area contributed by atoms with Crippen LogP contribution < -0.4 is 9.64 Å². The van der Waals surface area contributed by atoms with Crippen molar-refractivity contribution in [2.24, 2.45) is 0 Å². The molecule has 1 heterocycles. The lowest BCUT2D eigenvalue weighted by molar-refractivity contribution is -0.132. The number of aromatic hydroxyl groups is 1. The number of carbonyl (C=O) groups is 2. The molecule has 6 nitrogen and oxygen atoms in total. The zero-order chi connectivity index (χ0) is 23.5. The van der Waals surface area contributed by atoms with Crippen molar-refractivity contribution in [1.82, 2.24) is 0 Å². The predicted molar refractivity (Wildman–Crippen MR) is 126 cm³/mol. The highest BCUT2D eigenvalue weighted by molar-refractivity contribution is 6.51. The molecule has 0 radical (unpaired) electrons. The number of amides is 1. The Hall–Kier alpha value is -4.06. The van der Waals surface area contributed by atoms with E-state index in [9.17, 15) is 19.8 Å². The van der Waals surface area contributed by atoms with Gasteiger partial charge in [0.15, 0.2) is 0 Å². The number of phenolic OH excluding ortho intramolecular Hbond substituents is 1. The SMILES string of the molecule is CCCOc1ccc(/C(O)=C2\C(=O)C(=O)N(c3cccc(C)c3)C2c2cccc(O)c2)cc1. The van der Waals surface area contributed by atoms with Crippen LogP contribution in [0.25, 0.3) is 5.76 Å². The maximum Gasteiger partial charge on any atom is 0.300 e. The molecule has 4 rings (SSSR count). The topological polar surface area (TPSA) is 87.1 Å². The first-order valence-corrected chi connectivity index (χ1v) is 10.8. The summed E-state index contributed by atoms with van der Waals surface area (Å²) in [6.07, 6.45) is 0.869. The Morgan fingerprint density at radius 2 is 1.73 bits per heavy atom. The Morgan fingerprint density at radius 1 is 1.00 bits per heavy atom. The summed E-state index contributed by atoms with van der Waals surface area (Å²) in [6.45, 7) is 4.48. The highest BCUT2D eigenvalue weighted by Crippen LogP contribution is 2.43. The predicted octanol–water partition coefficient (Wildman–Crippen LogP) is 5.12. The van der Waals surface area contributed by atoms with E-state index in [2.05, 4.69) is 0 Å². The van der Waals surface area contributed by atoms with Gasteiger partial charge in [-0.1, -0.05) is 31.2 Å². The van der Waals surface area contributed by atoms with Crippen LogP contribution in [0.2, 0.25) is 0 Å². The fourth-order valence-corrected chi connectivity index (χ4v) is 3.97. The van der Waals surface area contributed by atoms with Crippen LogP contribution in [0.15, 0.2) is 78.4 Å².